The Morgan fingerprint density at radius 3 is 2.17 bits per heavy atom. The molecule has 0 spiro atoms. The zero-order chi connectivity index (χ0) is 20.1. The molecule has 2 saturated heterocycles. The maximum Gasteiger partial charge on any atom is 0.226 e. The van der Waals surface area contributed by atoms with Crippen LogP contribution >= 0.6 is 0 Å². The Labute approximate surface area is 173 Å². The summed E-state index contributed by atoms with van der Waals surface area (Å²) in [5, 5.41) is 9.64. The minimum Gasteiger partial charge on any atom is -0.508 e. The monoisotopic (exact) mass is 395 g/mol. The van der Waals surface area contributed by atoms with E-state index < -0.39 is 0 Å². The molecule has 0 unspecified atom stereocenters. The Morgan fingerprint density at radius 1 is 0.862 bits per heavy atom. The van der Waals surface area contributed by atoms with E-state index in [0.29, 0.717) is 11.7 Å². The summed E-state index contributed by atoms with van der Waals surface area (Å²) >= 11 is 0. The summed E-state index contributed by atoms with van der Waals surface area (Å²) in [4.78, 5) is 18.2. The van der Waals surface area contributed by atoms with Crippen LogP contribution in [0, 0.1) is 5.92 Å². The third-order valence-electron chi connectivity index (χ3n) is 6.49. The van der Waals surface area contributed by atoms with Gasteiger partial charge in [0.25, 0.3) is 0 Å². The number of carbonyl (C=O) groups excluding carboxylic acids is 1. The molecule has 0 saturated carbocycles. The lowest BCUT2D eigenvalue weighted by molar-refractivity contribution is -0.919. The lowest BCUT2D eigenvalue weighted by atomic mass is 9.94. The molecule has 29 heavy (non-hydrogen) atoms. The van der Waals surface area contributed by atoms with Gasteiger partial charge < -0.3 is 19.8 Å². The van der Waals surface area contributed by atoms with Crippen LogP contribution in [0.5, 0.6) is 5.75 Å². The summed E-state index contributed by atoms with van der Waals surface area (Å²) in [6, 6.07) is 18.2. The van der Waals surface area contributed by atoms with Crippen molar-refractivity contribution in [3.05, 3.63) is 65.7 Å². The van der Waals surface area contributed by atoms with Gasteiger partial charge in [-0.3, -0.25) is 4.79 Å². The van der Waals surface area contributed by atoms with Gasteiger partial charge in [0.1, 0.15) is 18.8 Å². The molecule has 0 aromatic heterocycles. The first-order chi connectivity index (χ1) is 14.2. The number of hydrogen-bond donors (Lipinski definition) is 3. The molecule has 2 fully saturated rings. The quantitative estimate of drug-likeness (QED) is 0.673. The predicted octanol–water partition coefficient (Wildman–Crippen LogP) is 0.114. The molecule has 1 amide bonds. The van der Waals surface area contributed by atoms with E-state index >= 15 is 0 Å². The fraction of sp³-hybridized carbons (Fsp3) is 0.458. The summed E-state index contributed by atoms with van der Waals surface area (Å²) in [6.45, 7) is 7.91. The maximum absolute atomic E-state index is 13.0. The van der Waals surface area contributed by atoms with Crippen LogP contribution < -0.4 is 9.80 Å². The lowest BCUT2D eigenvalue weighted by Crippen LogP contribution is -3.13. The molecule has 154 valence electrons. The van der Waals surface area contributed by atoms with Gasteiger partial charge in [0, 0.05) is 29.9 Å². The van der Waals surface area contributed by atoms with Crippen LogP contribution in [0.25, 0.3) is 0 Å². The normalized spacial score (nSPS) is 23.1. The van der Waals surface area contributed by atoms with Crippen molar-refractivity contribution in [3.63, 3.8) is 0 Å². The topological polar surface area (TPSA) is 49.4 Å². The molecule has 0 bridgehead atoms. The first-order valence-electron chi connectivity index (χ1n) is 10.9. The van der Waals surface area contributed by atoms with E-state index in [1.165, 1.54) is 16.0 Å². The van der Waals surface area contributed by atoms with Crippen molar-refractivity contribution in [2.24, 2.45) is 5.92 Å². The summed E-state index contributed by atoms with van der Waals surface area (Å²) in [7, 11) is 0. The Hall–Kier alpha value is -2.37. The zero-order valence-corrected chi connectivity index (χ0v) is 17.1. The second-order valence-corrected chi connectivity index (χ2v) is 8.61. The van der Waals surface area contributed by atoms with Crippen LogP contribution in [0.1, 0.15) is 24.0 Å². The van der Waals surface area contributed by atoms with Crippen molar-refractivity contribution >= 4 is 5.91 Å². The highest BCUT2D eigenvalue weighted by Gasteiger charge is 2.32. The SMILES string of the molecule is O=C(C1CC[NH+](Cc2cccc(O)c2)CC1)N1CC[NH+](Cc2ccccc2)CC1. The molecule has 2 aliphatic heterocycles. The second kappa shape index (κ2) is 9.42. The minimum absolute atomic E-state index is 0.193. The first-order valence-corrected chi connectivity index (χ1v) is 10.9. The summed E-state index contributed by atoms with van der Waals surface area (Å²) in [6.07, 6.45) is 1.95. The van der Waals surface area contributed by atoms with Crippen LogP contribution in [0.2, 0.25) is 0 Å². The van der Waals surface area contributed by atoms with Crippen LogP contribution in [0.4, 0.5) is 0 Å². The highest BCUT2D eigenvalue weighted by atomic mass is 16.3. The van der Waals surface area contributed by atoms with E-state index in [1.54, 1.807) is 11.0 Å². The van der Waals surface area contributed by atoms with Gasteiger partial charge in [0.05, 0.1) is 39.3 Å². The molecular weight excluding hydrogens is 362 g/mol. The van der Waals surface area contributed by atoms with Gasteiger partial charge in [-0.1, -0.05) is 42.5 Å². The van der Waals surface area contributed by atoms with Crippen molar-refractivity contribution in [1.29, 1.82) is 0 Å². The van der Waals surface area contributed by atoms with Crippen LogP contribution in [0.3, 0.4) is 0 Å². The summed E-state index contributed by atoms with van der Waals surface area (Å²) in [5.74, 6) is 0.902. The van der Waals surface area contributed by atoms with Gasteiger partial charge in [-0.15, -0.1) is 0 Å². The largest absolute Gasteiger partial charge is 0.508 e. The van der Waals surface area contributed by atoms with Crippen molar-refractivity contribution in [3.8, 4) is 5.75 Å². The standard InChI is InChI=1S/C24H31N3O2/c28-23-8-4-7-21(17-23)19-25-11-9-22(10-12-25)24(29)27-15-13-26(14-16-27)18-20-5-2-1-3-6-20/h1-8,17,22,28H,9-16,18-19H2/p+2. The number of piperidine rings is 1. The number of carbonyl (C=O) groups is 1. The highest BCUT2D eigenvalue weighted by molar-refractivity contribution is 5.79. The third kappa shape index (κ3) is 5.37. The molecule has 2 aromatic rings. The number of rotatable bonds is 5. The van der Waals surface area contributed by atoms with Gasteiger partial charge in [0.2, 0.25) is 5.91 Å². The first kappa shape index (κ1) is 19.9. The van der Waals surface area contributed by atoms with E-state index in [2.05, 4.69) is 41.3 Å². The number of likely N-dealkylation sites (tertiary alicyclic amines) is 1. The van der Waals surface area contributed by atoms with E-state index in [1.807, 2.05) is 12.1 Å². The van der Waals surface area contributed by atoms with E-state index in [9.17, 15) is 9.90 Å². The van der Waals surface area contributed by atoms with Crippen LogP contribution in [-0.4, -0.2) is 55.2 Å². The smallest absolute Gasteiger partial charge is 0.226 e. The minimum atomic E-state index is 0.193. The van der Waals surface area contributed by atoms with Gasteiger partial charge in [-0.25, -0.2) is 0 Å². The number of benzene rings is 2. The average molecular weight is 396 g/mol. The molecule has 5 nitrogen and oxygen atoms in total. The number of amides is 1. The lowest BCUT2D eigenvalue weighted by Gasteiger charge is -2.36. The number of nitrogens with zero attached hydrogens (tertiary/aromatic N) is 1. The Balaban J connectivity index is 1.21. The number of nitrogens with one attached hydrogen (secondary N) is 2. The predicted molar refractivity (Wildman–Crippen MR) is 113 cm³/mol. The Bertz CT molecular complexity index is 795. The molecule has 5 heteroatoms. The summed E-state index contributed by atoms with van der Waals surface area (Å²) in [5.41, 5.74) is 2.55. The fourth-order valence-electron chi connectivity index (χ4n) is 4.77. The van der Waals surface area contributed by atoms with E-state index in [-0.39, 0.29) is 5.92 Å². The molecule has 2 aromatic carbocycles. The number of quaternary nitrogens is 2. The van der Waals surface area contributed by atoms with Crippen molar-refractivity contribution in [1.82, 2.24) is 4.90 Å². The van der Waals surface area contributed by atoms with Crippen molar-refractivity contribution in [2.45, 2.75) is 25.9 Å². The zero-order valence-electron chi connectivity index (χ0n) is 17.1. The second-order valence-electron chi connectivity index (χ2n) is 8.61. The molecule has 2 aliphatic rings. The number of phenols is 1. The van der Waals surface area contributed by atoms with E-state index in [0.717, 1.165) is 65.2 Å². The molecule has 0 atom stereocenters. The Kier molecular flexibility index (Phi) is 6.47. The van der Waals surface area contributed by atoms with Gasteiger partial charge in [-0.2, -0.15) is 0 Å². The van der Waals surface area contributed by atoms with Gasteiger partial charge in [-0.05, 0) is 12.1 Å². The van der Waals surface area contributed by atoms with Crippen molar-refractivity contribution in [2.75, 3.05) is 39.3 Å². The van der Waals surface area contributed by atoms with E-state index in [4.69, 9.17) is 0 Å². The summed E-state index contributed by atoms with van der Waals surface area (Å²) < 4.78 is 0. The molecule has 0 aliphatic carbocycles. The number of hydrogen-bond acceptors (Lipinski definition) is 2. The molecule has 0 radical (unpaired) electrons. The van der Waals surface area contributed by atoms with Crippen molar-refractivity contribution < 1.29 is 19.7 Å². The maximum atomic E-state index is 13.0. The molecular formula is C24H33N3O2+2. The van der Waals surface area contributed by atoms with Crippen LogP contribution in [0.15, 0.2) is 54.6 Å². The average Bonchev–Trinajstić information content (AvgIpc) is 2.75. The Morgan fingerprint density at radius 2 is 1.48 bits per heavy atom. The third-order valence-corrected chi connectivity index (χ3v) is 6.49. The molecule has 2 heterocycles. The number of phenolic OH excluding ortho intramolecular Hbond substituents is 1. The van der Waals surface area contributed by atoms with Crippen LogP contribution in [-0.2, 0) is 17.9 Å². The highest BCUT2D eigenvalue weighted by Crippen LogP contribution is 2.15. The number of aromatic hydroxyl groups is 1. The number of piperazine rings is 1. The van der Waals surface area contributed by atoms with Gasteiger partial charge >= 0.3 is 0 Å². The molecule has 3 N–H and O–H groups in total. The fourth-order valence-corrected chi connectivity index (χ4v) is 4.77. The van der Waals surface area contributed by atoms with Gasteiger partial charge in [0.15, 0.2) is 0 Å². The molecule has 4 rings (SSSR count).